The maximum Gasteiger partial charge on any atom is 0.258 e. The van der Waals surface area contributed by atoms with E-state index in [-0.39, 0.29) is 12.2 Å². The number of rotatable bonds is 5. The van der Waals surface area contributed by atoms with Gasteiger partial charge in [0.2, 0.25) is 5.82 Å². The summed E-state index contributed by atoms with van der Waals surface area (Å²) >= 11 is 0. The Balaban J connectivity index is 1.42. The second kappa shape index (κ2) is 8.97. The van der Waals surface area contributed by atoms with Crippen molar-refractivity contribution in [3.05, 3.63) is 53.1 Å². The lowest BCUT2D eigenvalue weighted by molar-refractivity contribution is 0.0606. The number of nitriles is 1. The van der Waals surface area contributed by atoms with Gasteiger partial charge in [0, 0.05) is 30.3 Å². The van der Waals surface area contributed by atoms with E-state index in [0.717, 1.165) is 44.3 Å². The molecule has 170 valence electrons. The van der Waals surface area contributed by atoms with Crippen molar-refractivity contribution < 1.29 is 14.4 Å². The zero-order valence-electron chi connectivity index (χ0n) is 19.0. The lowest BCUT2D eigenvalue weighted by Gasteiger charge is -2.34. The Hall–Kier alpha value is -3.21. The number of aliphatic hydroxyl groups excluding tert-OH is 1. The maximum absolute atomic E-state index is 9.86. The van der Waals surface area contributed by atoms with E-state index in [1.54, 1.807) is 12.1 Å². The fourth-order valence-electron chi connectivity index (χ4n) is 4.98. The molecule has 1 aromatic heterocycles. The first-order valence-corrected chi connectivity index (χ1v) is 11.6. The quantitative estimate of drug-likeness (QED) is 0.619. The molecule has 5 rings (SSSR count). The fourth-order valence-corrected chi connectivity index (χ4v) is 4.98. The number of aromatic nitrogens is 2. The van der Waals surface area contributed by atoms with E-state index in [9.17, 15) is 10.4 Å². The zero-order valence-corrected chi connectivity index (χ0v) is 19.0. The highest BCUT2D eigenvalue weighted by atomic mass is 16.5. The number of aliphatic hydroxyl groups is 1. The van der Waals surface area contributed by atoms with Crippen molar-refractivity contribution in [3.8, 4) is 34.7 Å². The average molecular weight is 445 g/mol. The third-order valence-electron chi connectivity index (χ3n) is 6.56. The third-order valence-corrected chi connectivity index (χ3v) is 6.56. The van der Waals surface area contributed by atoms with Crippen LogP contribution in [0.1, 0.15) is 55.8 Å². The summed E-state index contributed by atoms with van der Waals surface area (Å²) in [5.74, 6) is 1.50. The molecule has 0 saturated carbocycles. The minimum Gasteiger partial charge on any atom is -0.490 e. The average Bonchev–Trinajstić information content (AvgIpc) is 3.47. The van der Waals surface area contributed by atoms with Crippen LogP contribution in [0.2, 0.25) is 0 Å². The van der Waals surface area contributed by atoms with Crippen molar-refractivity contribution in [1.29, 1.82) is 5.26 Å². The van der Waals surface area contributed by atoms with Gasteiger partial charge < -0.3 is 14.4 Å². The summed E-state index contributed by atoms with van der Waals surface area (Å²) in [5, 5.41) is 23.7. The summed E-state index contributed by atoms with van der Waals surface area (Å²) < 4.78 is 11.3. The molecule has 0 radical (unpaired) electrons. The summed E-state index contributed by atoms with van der Waals surface area (Å²) in [4.78, 5) is 7.16. The van der Waals surface area contributed by atoms with Crippen molar-refractivity contribution in [2.45, 2.75) is 57.8 Å². The Morgan fingerprint density at radius 2 is 2.00 bits per heavy atom. The lowest BCUT2D eigenvalue weighted by atomic mass is 9.99. The first-order valence-electron chi connectivity index (χ1n) is 11.6. The second-order valence-electron chi connectivity index (χ2n) is 9.11. The van der Waals surface area contributed by atoms with Gasteiger partial charge in [0.15, 0.2) is 0 Å². The highest BCUT2D eigenvalue weighted by Gasteiger charge is 2.32. The molecule has 1 N–H and O–H groups in total. The van der Waals surface area contributed by atoms with Crippen LogP contribution >= 0.6 is 0 Å². The first kappa shape index (κ1) is 21.6. The molecule has 2 aromatic carbocycles. The van der Waals surface area contributed by atoms with Crippen LogP contribution in [0.4, 0.5) is 0 Å². The van der Waals surface area contributed by atoms with Crippen molar-refractivity contribution >= 4 is 0 Å². The van der Waals surface area contributed by atoms with Gasteiger partial charge in [-0.25, -0.2) is 0 Å². The van der Waals surface area contributed by atoms with Crippen molar-refractivity contribution in [1.82, 2.24) is 15.0 Å². The van der Waals surface area contributed by atoms with Crippen molar-refractivity contribution in [3.63, 3.8) is 0 Å². The minimum atomic E-state index is -0.168. The molecule has 1 aliphatic carbocycles. The van der Waals surface area contributed by atoms with E-state index in [1.165, 1.54) is 11.1 Å². The van der Waals surface area contributed by atoms with Crippen LogP contribution in [-0.2, 0) is 6.42 Å². The molecule has 2 heterocycles. The van der Waals surface area contributed by atoms with Crippen LogP contribution in [0, 0.1) is 11.3 Å². The SMILES string of the molecule is CC(C)Oc1ccc(-c2nc(-c3cccc4c3CCC4N3CCC(O)CC3)no2)cc1C#N. The molecule has 7 heteroatoms. The first-order chi connectivity index (χ1) is 16.0. The Labute approximate surface area is 193 Å². The number of fused-ring (bicyclic) bond motifs is 1. The number of nitrogens with zero attached hydrogens (tertiary/aromatic N) is 4. The largest absolute Gasteiger partial charge is 0.490 e. The van der Waals surface area contributed by atoms with Crippen LogP contribution in [0.3, 0.4) is 0 Å². The number of benzene rings is 2. The normalized spacial score (nSPS) is 18.9. The topological polar surface area (TPSA) is 95.4 Å². The van der Waals surface area contributed by atoms with Gasteiger partial charge in [-0.15, -0.1) is 0 Å². The summed E-state index contributed by atoms with van der Waals surface area (Å²) in [6, 6.07) is 14.2. The highest BCUT2D eigenvalue weighted by molar-refractivity contribution is 5.67. The van der Waals surface area contributed by atoms with Gasteiger partial charge in [0.25, 0.3) is 5.89 Å². The smallest absolute Gasteiger partial charge is 0.258 e. The maximum atomic E-state index is 9.86. The van der Waals surface area contributed by atoms with Crippen LogP contribution in [0.15, 0.2) is 40.9 Å². The van der Waals surface area contributed by atoms with Gasteiger partial charge in [-0.1, -0.05) is 23.4 Å². The number of hydrogen-bond donors (Lipinski definition) is 1. The monoisotopic (exact) mass is 444 g/mol. The molecule has 7 nitrogen and oxygen atoms in total. The second-order valence-corrected chi connectivity index (χ2v) is 9.11. The Morgan fingerprint density at radius 3 is 2.76 bits per heavy atom. The number of likely N-dealkylation sites (tertiary alicyclic amines) is 1. The molecule has 1 unspecified atom stereocenters. The zero-order chi connectivity index (χ0) is 22.9. The van der Waals surface area contributed by atoms with Gasteiger partial charge in [0.05, 0.1) is 17.8 Å². The predicted molar refractivity (Wildman–Crippen MR) is 124 cm³/mol. The predicted octanol–water partition coefficient (Wildman–Crippen LogP) is 4.51. The third kappa shape index (κ3) is 4.24. The van der Waals surface area contributed by atoms with Crippen LogP contribution in [0.5, 0.6) is 5.75 Å². The molecule has 3 aromatic rings. The summed E-state index contributed by atoms with van der Waals surface area (Å²) in [6.07, 6.45) is 3.53. The molecule has 1 fully saturated rings. The van der Waals surface area contributed by atoms with Gasteiger partial charge in [-0.2, -0.15) is 10.2 Å². The Kier molecular flexibility index (Phi) is 5.88. The minimum absolute atomic E-state index is 0.0167. The molecule has 33 heavy (non-hydrogen) atoms. The van der Waals surface area contributed by atoms with E-state index in [4.69, 9.17) is 9.26 Å². The summed E-state index contributed by atoms with van der Waals surface area (Å²) in [5.41, 5.74) is 4.74. The molecule has 1 atom stereocenters. The van der Waals surface area contributed by atoms with E-state index in [0.29, 0.717) is 34.6 Å². The Morgan fingerprint density at radius 1 is 1.18 bits per heavy atom. The van der Waals surface area contributed by atoms with E-state index >= 15 is 0 Å². The number of hydrogen-bond acceptors (Lipinski definition) is 7. The van der Waals surface area contributed by atoms with Crippen LogP contribution < -0.4 is 4.74 Å². The standard InChI is InChI=1S/C26H28N4O3/c1-16(2)32-24-9-6-17(14-18(24)15-27)26-28-25(29-33-26)22-5-3-4-21-20(22)7-8-23(21)30-12-10-19(31)11-13-30/h3-6,9,14,16,19,23,31H,7-8,10-13H2,1-2H3. The van der Waals surface area contributed by atoms with E-state index < -0.39 is 0 Å². The Bertz CT molecular complexity index is 1190. The van der Waals surface area contributed by atoms with Crippen LogP contribution in [0.25, 0.3) is 22.8 Å². The van der Waals surface area contributed by atoms with Crippen molar-refractivity contribution in [2.75, 3.05) is 13.1 Å². The summed E-state index contributed by atoms with van der Waals surface area (Å²) in [6.45, 7) is 5.72. The lowest BCUT2D eigenvalue weighted by Crippen LogP contribution is -2.37. The number of ether oxygens (including phenoxy) is 1. The number of piperidine rings is 1. The van der Waals surface area contributed by atoms with Crippen LogP contribution in [-0.4, -0.2) is 45.4 Å². The molecule has 0 spiro atoms. The van der Waals surface area contributed by atoms with Crippen molar-refractivity contribution in [2.24, 2.45) is 0 Å². The molecular weight excluding hydrogens is 416 g/mol. The molecular formula is C26H28N4O3. The molecule has 2 aliphatic rings. The summed E-state index contributed by atoms with van der Waals surface area (Å²) in [7, 11) is 0. The van der Waals surface area contributed by atoms with Gasteiger partial charge in [-0.3, -0.25) is 4.90 Å². The molecule has 1 saturated heterocycles. The van der Waals surface area contributed by atoms with Gasteiger partial charge in [-0.05, 0) is 68.9 Å². The molecule has 0 bridgehead atoms. The molecule has 1 aliphatic heterocycles. The van der Waals surface area contributed by atoms with Gasteiger partial charge >= 0.3 is 0 Å². The molecule has 0 amide bonds. The highest BCUT2D eigenvalue weighted by Crippen LogP contribution is 2.41. The van der Waals surface area contributed by atoms with E-state index in [1.807, 2.05) is 19.9 Å². The fraction of sp³-hybridized carbons (Fsp3) is 0.423. The van der Waals surface area contributed by atoms with Gasteiger partial charge in [0.1, 0.15) is 11.8 Å². The van der Waals surface area contributed by atoms with E-state index in [2.05, 4.69) is 39.3 Å².